The number of aliphatic hydroxyl groups is 1. The van der Waals surface area contributed by atoms with E-state index < -0.39 is 6.10 Å². The summed E-state index contributed by atoms with van der Waals surface area (Å²) in [7, 11) is 3.26. The predicted octanol–water partition coefficient (Wildman–Crippen LogP) is 0.615. The minimum atomic E-state index is -0.444. The summed E-state index contributed by atoms with van der Waals surface area (Å²) in [6.45, 7) is 2.22. The van der Waals surface area contributed by atoms with Crippen LogP contribution >= 0.6 is 0 Å². The van der Waals surface area contributed by atoms with Crippen LogP contribution in [0.15, 0.2) is 12.1 Å². The molecule has 6 heteroatoms. The average molecular weight is 281 g/mol. The van der Waals surface area contributed by atoms with Crippen molar-refractivity contribution in [2.24, 2.45) is 0 Å². The molecule has 1 fully saturated rings. The van der Waals surface area contributed by atoms with Crippen LogP contribution in [0.25, 0.3) is 0 Å². The standard InChI is InChI=1S/C14H19NO5/c1-17-11-4-13-12(19-8-20-13)3-9(11)5-15-6-10(16)14(7-15)18-2/h3-4,10,14,16H,5-8H2,1-2H3/t10-,14-/m0/s1. The Bertz CT molecular complexity index is 493. The Labute approximate surface area is 117 Å². The maximum absolute atomic E-state index is 9.88. The molecule has 2 heterocycles. The third-order valence-electron chi connectivity index (χ3n) is 3.78. The molecule has 0 amide bonds. The molecule has 0 spiro atoms. The summed E-state index contributed by atoms with van der Waals surface area (Å²) in [5.74, 6) is 2.22. The van der Waals surface area contributed by atoms with E-state index in [-0.39, 0.29) is 12.9 Å². The van der Waals surface area contributed by atoms with Gasteiger partial charge in [0.25, 0.3) is 0 Å². The number of rotatable bonds is 4. The van der Waals surface area contributed by atoms with Crippen LogP contribution in [0.1, 0.15) is 5.56 Å². The summed E-state index contributed by atoms with van der Waals surface area (Å²) >= 11 is 0. The first-order valence-corrected chi connectivity index (χ1v) is 6.61. The van der Waals surface area contributed by atoms with Crippen LogP contribution in [0.2, 0.25) is 0 Å². The van der Waals surface area contributed by atoms with Crippen molar-refractivity contribution in [3.8, 4) is 17.2 Å². The lowest BCUT2D eigenvalue weighted by atomic mass is 10.1. The highest BCUT2D eigenvalue weighted by molar-refractivity contribution is 5.51. The van der Waals surface area contributed by atoms with E-state index in [1.807, 2.05) is 12.1 Å². The second kappa shape index (κ2) is 5.47. The zero-order valence-electron chi connectivity index (χ0n) is 11.7. The van der Waals surface area contributed by atoms with E-state index in [1.54, 1.807) is 14.2 Å². The van der Waals surface area contributed by atoms with Gasteiger partial charge in [0.15, 0.2) is 11.5 Å². The van der Waals surface area contributed by atoms with E-state index in [9.17, 15) is 5.11 Å². The highest BCUT2D eigenvalue weighted by atomic mass is 16.7. The molecule has 0 bridgehead atoms. The number of methoxy groups -OCH3 is 2. The van der Waals surface area contributed by atoms with E-state index >= 15 is 0 Å². The number of β-amino-alcohol motifs (C(OH)–C–C–N with tert-alkyl or cyclic N) is 1. The molecule has 2 aliphatic heterocycles. The molecule has 0 unspecified atom stereocenters. The summed E-state index contributed by atoms with van der Waals surface area (Å²) in [6, 6.07) is 3.78. The maximum atomic E-state index is 9.88. The van der Waals surface area contributed by atoms with Gasteiger partial charge >= 0.3 is 0 Å². The highest BCUT2D eigenvalue weighted by Gasteiger charge is 2.32. The molecule has 1 aromatic rings. The van der Waals surface area contributed by atoms with E-state index in [4.69, 9.17) is 18.9 Å². The molecule has 2 atom stereocenters. The normalized spacial score (nSPS) is 25.1. The van der Waals surface area contributed by atoms with Crippen LogP contribution in [0.5, 0.6) is 17.2 Å². The topological polar surface area (TPSA) is 60.4 Å². The summed E-state index contributed by atoms with van der Waals surface area (Å²) in [4.78, 5) is 2.14. The number of fused-ring (bicyclic) bond motifs is 1. The van der Waals surface area contributed by atoms with Crippen molar-refractivity contribution in [1.29, 1.82) is 0 Å². The van der Waals surface area contributed by atoms with Crippen molar-refractivity contribution in [2.45, 2.75) is 18.8 Å². The van der Waals surface area contributed by atoms with Crippen molar-refractivity contribution in [2.75, 3.05) is 34.1 Å². The quantitative estimate of drug-likeness (QED) is 0.873. The molecule has 0 aromatic heterocycles. The molecule has 3 rings (SSSR count). The molecule has 1 saturated heterocycles. The van der Waals surface area contributed by atoms with Crippen molar-refractivity contribution in [3.63, 3.8) is 0 Å². The molecule has 0 aliphatic carbocycles. The van der Waals surface area contributed by atoms with Crippen LogP contribution in [-0.4, -0.2) is 56.3 Å². The van der Waals surface area contributed by atoms with Crippen LogP contribution in [0, 0.1) is 0 Å². The zero-order chi connectivity index (χ0) is 14.1. The number of ether oxygens (including phenoxy) is 4. The van der Waals surface area contributed by atoms with Gasteiger partial charge in [-0.25, -0.2) is 0 Å². The lowest BCUT2D eigenvalue weighted by molar-refractivity contribution is 0.0214. The Morgan fingerprint density at radius 2 is 2.00 bits per heavy atom. The first kappa shape index (κ1) is 13.5. The third-order valence-corrected chi connectivity index (χ3v) is 3.78. The van der Waals surface area contributed by atoms with Gasteiger partial charge < -0.3 is 24.1 Å². The SMILES string of the molecule is COc1cc2c(cc1CN1C[C@H](OC)[C@@H](O)C1)OCO2. The monoisotopic (exact) mass is 281 g/mol. The molecular formula is C14H19NO5. The van der Waals surface area contributed by atoms with Crippen LogP contribution in [0.4, 0.5) is 0 Å². The van der Waals surface area contributed by atoms with Crippen molar-refractivity contribution in [1.82, 2.24) is 4.90 Å². The van der Waals surface area contributed by atoms with Crippen molar-refractivity contribution < 1.29 is 24.1 Å². The summed E-state index contributed by atoms with van der Waals surface area (Å²) in [5.41, 5.74) is 1.01. The van der Waals surface area contributed by atoms with Crippen LogP contribution < -0.4 is 14.2 Å². The zero-order valence-corrected chi connectivity index (χ0v) is 11.7. The largest absolute Gasteiger partial charge is 0.496 e. The summed E-state index contributed by atoms with van der Waals surface area (Å²) in [6.07, 6.45) is -0.574. The van der Waals surface area contributed by atoms with Crippen molar-refractivity contribution in [3.05, 3.63) is 17.7 Å². The van der Waals surface area contributed by atoms with Gasteiger partial charge in [0.2, 0.25) is 6.79 Å². The first-order valence-electron chi connectivity index (χ1n) is 6.61. The van der Waals surface area contributed by atoms with Crippen LogP contribution in [0.3, 0.4) is 0 Å². The molecule has 0 saturated carbocycles. The fraction of sp³-hybridized carbons (Fsp3) is 0.571. The van der Waals surface area contributed by atoms with E-state index in [1.165, 1.54) is 0 Å². The number of benzene rings is 1. The van der Waals surface area contributed by atoms with Gasteiger partial charge in [0.05, 0.1) is 19.3 Å². The van der Waals surface area contributed by atoms with E-state index in [0.717, 1.165) is 17.1 Å². The number of nitrogens with zero attached hydrogens (tertiary/aromatic N) is 1. The van der Waals surface area contributed by atoms with Gasteiger partial charge in [-0.3, -0.25) is 4.90 Å². The predicted molar refractivity (Wildman–Crippen MR) is 71.2 cm³/mol. The lowest BCUT2D eigenvalue weighted by Crippen LogP contribution is -2.25. The van der Waals surface area contributed by atoms with Crippen LogP contribution in [-0.2, 0) is 11.3 Å². The molecule has 1 aromatic carbocycles. The van der Waals surface area contributed by atoms with Gasteiger partial charge in [-0.15, -0.1) is 0 Å². The Hall–Kier alpha value is -1.50. The maximum Gasteiger partial charge on any atom is 0.231 e. The average Bonchev–Trinajstić information content (AvgIpc) is 3.03. The Kier molecular flexibility index (Phi) is 3.69. The van der Waals surface area contributed by atoms with Gasteiger partial charge in [-0.1, -0.05) is 0 Å². The van der Waals surface area contributed by atoms with E-state index in [0.29, 0.717) is 25.4 Å². The summed E-state index contributed by atoms with van der Waals surface area (Å²) < 4.78 is 21.4. The molecule has 1 N–H and O–H groups in total. The molecular weight excluding hydrogens is 262 g/mol. The fourth-order valence-electron chi connectivity index (χ4n) is 2.71. The number of aliphatic hydroxyl groups excluding tert-OH is 1. The molecule has 20 heavy (non-hydrogen) atoms. The smallest absolute Gasteiger partial charge is 0.231 e. The minimum Gasteiger partial charge on any atom is -0.496 e. The Morgan fingerprint density at radius 1 is 1.25 bits per heavy atom. The second-order valence-electron chi connectivity index (χ2n) is 5.05. The number of likely N-dealkylation sites (tertiary alicyclic amines) is 1. The molecule has 2 aliphatic rings. The highest BCUT2D eigenvalue weighted by Crippen LogP contribution is 2.38. The number of hydrogen-bond donors (Lipinski definition) is 1. The first-order chi connectivity index (χ1) is 9.71. The van der Waals surface area contributed by atoms with Gasteiger partial charge in [-0.05, 0) is 6.07 Å². The van der Waals surface area contributed by atoms with Crippen molar-refractivity contribution >= 4 is 0 Å². The second-order valence-corrected chi connectivity index (χ2v) is 5.05. The van der Waals surface area contributed by atoms with Gasteiger partial charge in [0, 0.05) is 38.4 Å². The summed E-state index contributed by atoms with van der Waals surface area (Å²) in [5, 5.41) is 9.88. The molecule has 0 radical (unpaired) electrons. The fourth-order valence-corrected chi connectivity index (χ4v) is 2.71. The Balaban J connectivity index is 1.77. The number of hydrogen-bond acceptors (Lipinski definition) is 6. The van der Waals surface area contributed by atoms with Gasteiger partial charge in [0.1, 0.15) is 5.75 Å². The lowest BCUT2D eigenvalue weighted by Gasteiger charge is -2.17. The third kappa shape index (κ3) is 2.42. The Morgan fingerprint density at radius 3 is 2.65 bits per heavy atom. The molecule has 6 nitrogen and oxygen atoms in total. The minimum absolute atomic E-state index is 0.130. The van der Waals surface area contributed by atoms with Gasteiger partial charge in [-0.2, -0.15) is 0 Å². The van der Waals surface area contributed by atoms with E-state index in [2.05, 4.69) is 4.90 Å². The molecule has 110 valence electrons.